The highest BCUT2D eigenvalue weighted by molar-refractivity contribution is 5.59. The number of pyridine rings is 3. The summed E-state index contributed by atoms with van der Waals surface area (Å²) in [5, 5.41) is 3.98. The van der Waals surface area contributed by atoms with Gasteiger partial charge < -0.3 is 0 Å². The van der Waals surface area contributed by atoms with Crippen molar-refractivity contribution in [3.63, 3.8) is 0 Å². The number of rotatable bonds is 4. The SMILES string of the molecule is CC(C)(c1cccc(-c2cccnc2F)n1)c1nn(-c2cccc(C(F)(F)F)n2)cc1C(F)(F)F. The van der Waals surface area contributed by atoms with E-state index in [1.807, 2.05) is 0 Å². The summed E-state index contributed by atoms with van der Waals surface area (Å²) in [4.78, 5) is 11.3. The standard InChI is InChI=1S/C23H16F7N5/c1-21(2,16-8-3-7-15(32-16)13-6-5-11-31-20(13)24)19-14(22(25,26)27)12-35(34-19)18-10-4-9-17(33-18)23(28,29)30/h3-12H,1-2H3. The molecule has 4 aromatic heterocycles. The van der Waals surface area contributed by atoms with Crippen LogP contribution in [-0.4, -0.2) is 24.7 Å². The van der Waals surface area contributed by atoms with Crippen LogP contribution in [-0.2, 0) is 17.8 Å². The fourth-order valence-corrected chi connectivity index (χ4v) is 3.50. The van der Waals surface area contributed by atoms with Gasteiger partial charge in [-0.1, -0.05) is 12.1 Å². The fourth-order valence-electron chi connectivity index (χ4n) is 3.50. The largest absolute Gasteiger partial charge is 0.433 e. The zero-order chi connectivity index (χ0) is 25.6. The van der Waals surface area contributed by atoms with Gasteiger partial charge in [-0.3, -0.25) is 4.98 Å². The second-order valence-electron chi connectivity index (χ2n) is 8.09. The van der Waals surface area contributed by atoms with Crippen molar-refractivity contribution in [2.24, 2.45) is 0 Å². The first kappa shape index (κ1) is 24.3. The second-order valence-corrected chi connectivity index (χ2v) is 8.09. The summed E-state index contributed by atoms with van der Waals surface area (Å²) < 4.78 is 95.9. The molecule has 0 aliphatic heterocycles. The van der Waals surface area contributed by atoms with Gasteiger partial charge in [0.15, 0.2) is 5.82 Å². The molecule has 4 aromatic rings. The van der Waals surface area contributed by atoms with Gasteiger partial charge in [-0.05, 0) is 50.2 Å². The molecule has 35 heavy (non-hydrogen) atoms. The molecule has 0 aromatic carbocycles. The Morgan fingerprint density at radius 3 is 2.11 bits per heavy atom. The molecule has 0 fully saturated rings. The lowest BCUT2D eigenvalue weighted by Crippen LogP contribution is -2.25. The molecule has 5 nitrogen and oxygen atoms in total. The van der Waals surface area contributed by atoms with Crippen LogP contribution < -0.4 is 0 Å². The Bertz CT molecular complexity index is 1370. The van der Waals surface area contributed by atoms with Crippen LogP contribution in [0, 0.1) is 5.95 Å². The van der Waals surface area contributed by atoms with E-state index in [4.69, 9.17) is 0 Å². The van der Waals surface area contributed by atoms with Crippen LogP contribution >= 0.6 is 0 Å². The predicted molar refractivity (Wildman–Crippen MR) is 111 cm³/mol. The smallest absolute Gasteiger partial charge is 0.252 e. The molecular formula is C23H16F7N5. The van der Waals surface area contributed by atoms with Crippen LogP contribution in [0.2, 0.25) is 0 Å². The van der Waals surface area contributed by atoms with Crippen LogP contribution in [0.4, 0.5) is 30.7 Å². The summed E-state index contributed by atoms with van der Waals surface area (Å²) in [5.74, 6) is -1.24. The van der Waals surface area contributed by atoms with E-state index in [0.29, 0.717) is 16.9 Å². The van der Waals surface area contributed by atoms with Crippen molar-refractivity contribution in [1.29, 1.82) is 0 Å². The van der Waals surface area contributed by atoms with Crippen LogP contribution in [0.3, 0.4) is 0 Å². The van der Waals surface area contributed by atoms with E-state index < -0.39 is 46.5 Å². The lowest BCUT2D eigenvalue weighted by molar-refractivity contribution is -0.141. The Hall–Kier alpha value is -3.83. The zero-order valence-corrected chi connectivity index (χ0v) is 18.2. The van der Waals surface area contributed by atoms with Gasteiger partial charge in [-0.25, -0.2) is 14.6 Å². The second kappa shape index (κ2) is 8.43. The van der Waals surface area contributed by atoms with Crippen molar-refractivity contribution >= 4 is 0 Å². The maximum absolute atomic E-state index is 14.2. The molecule has 0 amide bonds. The third kappa shape index (κ3) is 4.73. The van der Waals surface area contributed by atoms with Gasteiger partial charge in [0.1, 0.15) is 5.69 Å². The topological polar surface area (TPSA) is 56.5 Å². The number of halogens is 7. The van der Waals surface area contributed by atoms with E-state index >= 15 is 0 Å². The van der Waals surface area contributed by atoms with E-state index in [2.05, 4.69) is 20.1 Å². The Balaban J connectivity index is 1.85. The molecule has 0 radical (unpaired) electrons. The van der Waals surface area contributed by atoms with Crippen molar-refractivity contribution in [1.82, 2.24) is 24.7 Å². The fraction of sp³-hybridized carbons (Fsp3) is 0.217. The van der Waals surface area contributed by atoms with Gasteiger partial charge in [0.25, 0.3) is 0 Å². The van der Waals surface area contributed by atoms with Crippen LogP contribution in [0.25, 0.3) is 17.1 Å². The summed E-state index contributed by atoms with van der Waals surface area (Å²) in [6.45, 7) is 2.86. The molecule has 12 heteroatoms. The van der Waals surface area contributed by atoms with Crippen molar-refractivity contribution < 1.29 is 30.7 Å². The van der Waals surface area contributed by atoms with E-state index in [1.54, 1.807) is 0 Å². The normalized spacial score (nSPS) is 12.7. The summed E-state index contributed by atoms with van der Waals surface area (Å²) in [5.41, 5.74) is -4.07. The number of alkyl halides is 6. The number of hydrogen-bond acceptors (Lipinski definition) is 4. The molecule has 0 aliphatic carbocycles. The van der Waals surface area contributed by atoms with Crippen LogP contribution in [0.1, 0.15) is 36.5 Å². The van der Waals surface area contributed by atoms with Gasteiger partial charge in [-0.2, -0.15) is 35.8 Å². The predicted octanol–water partition coefficient (Wildman–Crippen LogP) is 6.23. The van der Waals surface area contributed by atoms with E-state index in [-0.39, 0.29) is 17.0 Å². The summed E-state index contributed by atoms with van der Waals surface area (Å²) in [7, 11) is 0. The lowest BCUT2D eigenvalue weighted by atomic mass is 9.83. The Labute approximate surface area is 194 Å². The lowest BCUT2D eigenvalue weighted by Gasteiger charge is -2.24. The molecule has 0 saturated heterocycles. The molecule has 0 saturated carbocycles. The molecule has 0 spiro atoms. The molecule has 0 aliphatic rings. The van der Waals surface area contributed by atoms with E-state index in [0.717, 1.165) is 12.1 Å². The van der Waals surface area contributed by atoms with Gasteiger partial charge in [0.05, 0.1) is 33.6 Å². The molecule has 4 rings (SSSR count). The average Bonchev–Trinajstić information content (AvgIpc) is 3.26. The number of hydrogen-bond donors (Lipinski definition) is 0. The molecule has 0 atom stereocenters. The zero-order valence-electron chi connectivity index (χ0n) is 18.2. The molecular weight excluding hydrogens is 479 g/mol. The maximum Gasteiger partial charge on any atom is 0.433 e. The Morgan fingerprint density at radius 2 is 1.46 bits per heavy atom. The highest BCUT2D eigenvalue weighted by Gasteiger charge is 2.42. The quantitative estimate of drug-likeness (QED) is 0.249. The highest BCUT2D eigenvalue weighted by atomic mass is 19.4. The third-order valence-corrected chi connectivity index (χ3v) is 5.30. The van der Waals surface area contributed by atoms with Gasteiger partial charge >= 0.3 is 12.4 Å². The summed E-state index contributed by atoms with van der Waals surface area (Å²) in [6, 6.07) is 10.2. The minimum absolute atomic E-state index is 0.0555. The number of aromatic nitrogens is 5. The molecule has 0 bridgehead atoms. The van der Waals surface area contributed by atoms with Crippen LogP contribution in [0.15, 0.2) is 60.9 Å². The third-order valence-electron chi connectivity index (χ3n) is 5.30. The molecule has 182 valence electrons. The summed E-state index contributed by atoms with van der Waals surface area (Å²) in [6.07, 6.45) is -7.83. The monoisotopic (exact) mass is 495 g/mol. The first-order valence-electron chi connectivity index (χ1n) is 10.1. The van der Waals surface area contributed by atoms with E-state index in [9.17, 15) is 30.7 Å². The van der Waals surface area contributed by atoms with Crippen molar-refractivity contribution in [3.8, 4) is 17.1 Å². The van der Waals surface area contributed by atoms with Crippen molar-refractivity contribution in [3.05, 3.63) is 89.5 Å². The van der Waals surface area contributed by atoms with Gasteiger partial charge in [-0.15, -0.1) is 0 Å². The minimum Gasteiger partial charge on any atom is -0.252 e. The highest BCUT2D eigenvalue weighted by Crippen LogP contribution is 2.40. The van der Waals surface area contributed by atoms with Gasteiger partial charge in [0.2, 0.25) is 5.95 Å². The first-order chi connectivity index (χ1) is 16.3. The average molecular weight is 495 g/mol. The molecule has 4 heterocycles. The van der Waals surface area contributed by atoms with Gasteiger partial charge in [0, 0.05) is 12.4 Å². The Kier molecular flexibility index (Phi) is 5.86. The molecule has 0 unspecified atom stereocenters. The van der Waals surface area contributed by atoms with Crippen molar-refractivity contribution in [2.75, 3.05) is 0 Å². The first-order valence-corrected chi connectivity index (χ1v) is 10.1. The Morgan fingerprint density at radius 1 is 0.771 bits per heavy atom. The van der Waals surface area contributed by atoms with Crippen molar-refractivity contribution in [2.45, 2.75) is 31.6 Å². The maximum atomic E-state index is 14.2. The molecule has 0 N–H and O–H groups in total. The minimum atomic E-state index is -4.88. The number of nitrogens with zero attached hydrogens (tertiary/aromatic N) is 5. The summed E-state index contributed by atoms with van der Waals surface area (Å²) >= 11 is 0. The van der Waals surface area contributed by atoms with Crippen LogP contribution in [0.5, 0.6) is 0 Å². The van der Waals surface area contributed by atoms with E-state index in [1.165, 1.54) is 50.4 Å².